The molecule has 0 radical (unpaired) electrons. The van der Waals surface area contributed by atoms with Crippen molar-refractivity contribution < 1.29 is 4.74 Å². The first kappa shape index (κ1) is 15.0. The van der Waals surface area contributed by atoms with Gasteiger partial charge in [0.05, 0.1) is 11.6 Å². The summed E-state index contributed by atoms with van der Waals surface area (Å²) in [5.74, 6) is 1.23. The summed E-state index contributed by atoms with van der Waals surface area (Å²) in [6, 6.07) is 8.28. The molecule has 4 heteroatoms. The molecule has 0 aliphatic heterocycles. The molecule has 0 saturated heterocycles. The number of aryl methyl sites for hydroxylation is 1. The lowest BCUT2D eigenvalue weighted by Crippen LogP contribution is -2.15. The summed E-state index contributed by atoms with van der Waals surface area (Å²) in [6.45, 7) is 5.51. The standard InChI is InChI=1S/C16H22N2OS/c1-3-7-19-15-6-4-5-13(9-15)8-14(10-17)16-18-12(2)11-20-16/h4-6,9,11,14H,3,7-8,10,17H2,1-2H3. The molecule has 2 N–H and O–H groups in total. The van der Waals surface area contributed by atoms with Gasteiger partial charge in [0.2, 0.25) is 0 Å². The van der Waals surface area contributed by atoms with Gasteiger partial charge < -0.3 is 10.5 Å². The van der Waals surface area contributed by atoms with Gasteiger partial charge in [-0.3, -0.25) is 0 Å². The molecule has 2 aromatic rings. The monoisotopic (exact) mass is 290 g/mol. The van der Waals surface area contributed by atoms with Crippen LogP contribution in [0, 0.1) is 6.92 Å². The van der Waals surface area contributed by atoms with Crippen LogP contribution >= 0.6 is 11.3 Å². The van der Waals surface area contributed by atoms with Gasteiger partial charge in [-0.25, -0.2) is 4.98 Å². The highest BCUT2D eigenvalue weighted by molar-refractivity contribution is 7.09. The van der Waals surface area contributed by atoms with E-state index in [-0.39, 0.29) is 5.92 Å². The summed E-state index contributed by atoms with van der Waals surface area (Å²) >= 11 is 1.70. The van der Waals surface area contributed by atoms with Gasteiger partial charge in [0.15, 0.2) is 0 Å². The van der Waals surface area contributed by atoms with E-state index < -0.39 is 0 Å². The Morgan fingerprint density at radius 2 is 2.25 bits per heavy atom. The lowest BCUT2D eigenvalue weighted by atomic mass is 10.00. The number of hydrogen-bond donors (Lipinski definition) is 1. The van der Waals surface area contributed by atoms with Crippen molar-refractivity contribution in [1.29, 1.82) is 0 Å². The molecule has 1 unspecified atom stereocenters. The lowest BCUT2D eigenvalue weighted by Gasteiger charge is -2.13. The minimum atomic E-state index is 0.287. The smallest absolute Gasteiger partial charge is 0.119 e. The number of aromatic nitrogens is 1. The van der Waals surface area contributed by atoms with Gasteiger partial charge in [-0.1, -0.05) is 19.1 Å². The highest BCUT2D eigenvalue weighted by Gasteiger charge is 2.14. The van der Waals surface area contributed by atoms with E-state index in [1.807, 2.05) is 19.1 Å². The van der Waals surface area contributed by atoms with Gasteiger partial charge in [-0.2, -0.15) is 0 Å². The second kappa shape index (κ2) is 7.41. The average molecular weight is 290 g/mol. The Labute approximate surface area is 124 Å². The van der Waals surface area contributed by atoms with Gasteiger partial charge in [0.25, 0.3) is 0 Å². The quantitative estimate of drug-likeness (QED) is 0.848. The van der Waals surface area contributed by atoms with E-state index >= 15 is 0 Å². The van der Waals surface area contributed by atoms with Crippen LogP contribution in [0.5, 0.6) is 5.75 Å². The van der Waals surface area contributed by atoms with Crippen LogP contribution in [0.25, 0.3) is 0 Å². The molecule has 0 saturated carbocycles. The maximum Gasteiger partial charge on any atom is 0.119 e. The molecule has 1 aromatic heterocycles. The minimum Gasteiger partial charge on any atom is -0.494 e. The first-order valence-corrected chi connectivity index (χ1v) is 7.94. The molecule has 20 heavy (non-hydrogen) atoms. The lowest BCUT2D eigenvalue weighted by molar-refractivity contribution is 0.317. The van der Waals surface area contributed by atoms with Crippen LogP contribution < -0.4 is 10.5 Å². The molecule has 1 heterocycles. The third-order valence-corrected chi connectivity index (χ3v) is 4.25. The fraction of sp³-hybridized carbons (Fsp3) is 0.438. The van der Waals surface area contributed by atoms with E-state index in [9.17, 15) is 0 Å². The second-order valence-electron chi connectivity index (χ2n) is 4.96. The van der Waals surface area contributed by atoms with Gasteiger partial charge in [-0.15, -0.1) is 11.3 Å². The van der Waals surface area contributed by atoms with Crippen LogP contribution in [0.1, 0.15) is 35.5 Å². The minimum absolute atomic E-state index is 0.287. The van der Waals surface area contributed by atoms with E-state index in [0.29, 0.717) is 6.54 Å². The van der Waals surface area contributed by atoms with E-state index in [0.717, 1.165) is 35.9 Å². The van der Waals surface area contributed by atoms with Gasteiger partial charge >= 0.3 is 0 Å². The number of nitrogens with zero attached hydrogens (tertiary/aromatic N) is 1. The van der Waals surface area contributed by atoms with E-state index in [4.69, 9.17) is 10.5 Å². The largest absolute Gasteiger partial charge is 0.494 e. The molecule has 0 spiro atoms. The van der Waals surface area contributed by atoms with Crippen molar-refractivity contribution in [3.63, 3.8) is 0 Å². The molecule has 108 valence electrons. The highest BCUT2D eigenvalue weighted by Crippen LogP contribution is 2.25. The Hall–Kier alpha value is -1.39. The van der Waals surface area contributed by atoms with Crippen LogP contribution in [0.15, 0.2) is 29.6 Å². The Kier molecular flexibility index (Phi) is 5.56. The summed E-state index contributed by atoms with van der Waals surface area (Å²) in [6.07, 6.45) is 1.93. The number of ether oxygens (including phenoxy) is 1. The Morgan fingerprint density at radius 1 is 1.40 bits per heavy atom. The molecular formula is C16H22N2OS. The number of thiazole rings is 1. The Balaban J connectivity index is 2.07. The maximum atomic E-state index is 5.92. The van der Waals surface area contributed by atoms with Crippen LogP contribution in [0.3, 0.4) is 0 Å². The molecule has 0 aliphatic carbocycles. The van der Waals surface area contributed by atoms with E-state index in [1.54, 1.807) is 11.3 Å². The number of nitrogens with two attached hydrogens (primary N) is 1. The van der Waals surface area contributed by atoms with Crippen LogP contribution in [-0.2, 0) is 6.42 Å². The van der Waals surface area contributed by atoms with Crippen molar-refractivity contribution in [1.82, 2.24) is 4.98 Å². The van der Waals surface area contributed by atoms with Crippen LogP contribution in [0.4, 0.5) is 0 Å². The second-order valence-corrected chi connectivity index (χ2v) is 5.85. The number of rotatable bonds is 7. The summed E-state index contributed by atoms with van der Waals surface area (Å²) in [7, 11) is 0. The highest BCUT2D eigenvalue weighted by atomic mass is 32.1. The molecule has 3 nitrogen and oxygen atoms in total. The van der Waals surface area contributed by atoms with Crippen molar-refractivity contribution in [3.8, 4) is 5.75 Å². The first-order chi connectivity index (χ1) is 9.72. The summed E-state index contributed by atoms with van der Waals surface area (Å²) in [5.41, 5.74) is 8.24. The maximum absolute atomic E-state index is 5.92. The number of benzene rings is 1. The normalized spacial score (nSPS) is 12.3. The SMILES string of the molecule is CCCOc1cccc(CC(CN)c2nc(C)cs2)c1. The van der Waals surface area contributed by atoms with Gasteiger partial charge in [-0.05, 0) is 37.5 Å². The third kappa shape index (κ3) is 4.05. The molecule has 0 bridgehead atoms. The summed E-state index contributed by atoms with van der Waals surface area (Å²) in [4.78, 5) is 4.56. The molecule has 1 aromatic carbocycles. The van der Waals surface area contributed by atoms with Gasteiger partial charge in [0.1, 0.15) is 5.75 Å². The zero-order valence-electron chi connectivity index (χ0n) is 12.1. The third-order valence-electron chi connectivity index (χ3n) is 3.12. The molecule has 0 amide bonds. The first-order valence-electron chi connectivity index (χ1n) is 7.06. The fourth-order valence-corrected chi connectivity index (χ4v) is 3.01. The van der Waals surface area contributed by atoms with Crippen LogP contribution in [0.2, 0.25) is 0 Å². The summed E-state index contributed by atoms with van der Waals surface area (Å²) < 4.78 is 5.68. The molecular weight excluding hydrogens is 268 g/mol. The Bertz CT molecular complexity index is 539. The van der Waals surface area contributed by atoms with Crippen LogP contribution in [-0.4, -0.2) is 18.1 Å². The van der Waals surface area contributed by atoms with E-state index in [2.05, 4.69) is 29.4 Å². The predicted molar refractivity (Wildman–Crippen MR) is 84.6 cm³/mol. The topological polar surface area (TPSA) is 48.1 Å². The van der Waals surface area contributed by atoms with Crippen molar-refractivity contribution in [2.24, 2.45) is 5.73 Å². The molecule has 1 atom stereocenters. The average Bonchev–Trinajstić information content (AvgIpc) is 2.89. The predicted octanol–water partition coefficient (Wildman–Crippen LogP) is 3.53. The van der Waals surface area contributed by atoms with Gasteiger partial charge in [0, 0.05) is 23.5 Å². The molecule has 2 rings (SSSR count). The molecule has 0 aliphatic rings. The van der Waals surface area contributed by atoms with Crippen molar-refractivity contribution >= 4 is 11.3 Å². The summed E-state index contributed by atoms with van der Waals surface area (Å²) in [5, 5.41) is 3.21. The fourth-order valence-electron chi connectivity index (χ4n) is 2.10. The zero-order chi connectivity index (χ0) is 14.4. The molecule has 0 fully saturated rings. The van der Waals surface area contributed by atoms with Crippen molar-refractivity contribution in [2.45, 2.75) is 32.6 Å². The van der Waals surface area contributed by atoms with Crippen molar-refractivity contribution in [2.75, 3.05) is 13.2 Å². The zero-order valence-corrected chi connectivity index (χ0v) is 13.0. The van der Waals surface area contributed by atoms with E-state index in [1.165, 1.54) is 5.56 Å². The van der Waals surface area contributed by atoms with Crippen molar-refractivity contribution in [3.05, 3.63) is 45.9 Å². The number of hydrogen-bond acceptors (Lipinski definition) is 4. The Morgan fingerprint density at radius 3 is 2.90 bits per heavy atom.